The third kappa shape index (κ3) is 24.4. The van der Waals surface area contributed by atoms with Gasteiger partial charge in [-0.1, -0.05) is 200 Å². The number of hydrogen-bond donors (Lipinski definition) is 1. The van der Waals surface area contributed by atoms with E-state index < -0.39 is 11.4 Å². The molecule has 0 spiro atoms. The Morgan fingerprint density at radius 1 is 0.455 bits per heavy atom. The van der Waals surface area contributed by atoms with Crippen LogP contribution >= 0.6 is 0 Å². The molecule has 0 aromatic rings. The number of aliphatic carboxylic acids is 1. The fourth-order valence-corrected chi connectivity index (χ4v) is 7.34. The predicted octanol–water partition coefficient (Wildman–Crippen LogP) is 15.2. The standard InChI is InChI=1S/C42H82O2/c1-5-9-13-17-21-22-23-24-25-26-27-29-33-37-40(36-32-28-18-14-10-6-2)42(41(43)44,38-34-30-19-15-11-7-3)39-35-31-20-16-12-8-4/h24-25,40H,5-23,26-39H2,1-4H3,(H,43,44)/b25-24-. The first kappa shape index (κ1) is 43.2. The zero-order chi connectivity index (χ0) is 32.4. The molecule has 2 heteroatoms. The van der Waals surface area contributed by atoms with E-state index in [4.69, 9.17) is 0 Å². The summed E-state index contributed by atoms with van der Waals surface area (Å²) < 4.78 is 0. The van der Waals surface area contributed by atoms with Gasteiger partial charge in [-0.05, 0) is 57.3 Å². The molecule has 1 atom stereocenters. The molecule has 0 bridgehead atoms. The van der Waals surface area contributed by atoms with Crippen LogP contribution in [0.4, 0.5) is 0 Å². The molecular weight excluding hydrogens is 536 g/mol. The smallest absolute Gasteiger partial charge is 0.309 e. The van der Waals surface area contributed by atoms with E-state index in [2.05, 4.69) is 39.8 Å². The van der Waals surface area contributed by atoms with Crippen molar-refractivity contribution < 1.29 is 9.90 Å². The Hall–Kier alpha value is -0.790. The van der Waals surface area contributed by atoms with Crippen molar-refractivity contribution in [2.45, 2.75) is 240 Å². The van der Waals surface area contributed by atoms with Gasteiger partial charge in [0.2, 0.25) is 0 Å². The highest BCUT2D eigenvalue weighted by atomic mass is 16.4. The average Bonchev–Trinajstić information content (AvgIpc) is 3.02. The molecule has 0 radical (unpaired) electrons. The van der Waals surface area contributed by atoms with Crippen molar-refractivity contribution in [3.63, 3.8) is 0 Å². The van der Waals surface area contributed by atoms with E-state index in [1.54, 1.807) is 0 Å². The zero-order valence-corrected chi connectivity index (χ0v) is 30.9. The molecule has 0 saturated carbocycles. The van der Waals surface area contributed by atoms with Crippen LogP contribution in [0.1, 0.15) is 240 Å². The first-order chi connectivity index (χ1) is 21.6. The lowest BCUT2D eigenvalue weighted by Crippen LogP contribution is -2.39. The lowest BCUT2D eigenvalue weighted by molar-refractivity contribution is -0.155. The van der Waals surface area contributed by atoms with E-state index in [1.165, 1.54) is 173 Å². The van der Waals surface area contributed by atoms with E-state index in [0.29, 0.717) is 5.92 Å². The first-order valence-electron chi connectivity index (χ1n) is 20.5. The predicted molar refractivity (Wildman–Crippen MR) is 198 cm³/mol. The number of hydrogen-bond acceptors (Lipinski definition) is 1. The van der Waals surface area contributed by atoms with Crippen molar-refractivity contribution in [1.82, 2.24) is 0 Å². The van der Waals surface area contributed by atoms with Crippen LogP contribution in [0.15, 0.2) is 12.2 Å². The highest BCUT2D eigenvalue weighted by Gasteiger charge is 2.43. The first-order valence-corrected chi connectivity index (χ1v) is 20.5. The minimum atomic E-state index is -0.504. The molecule has 1 N–H and O–H groups in total. The van der Waals surface area contributed by atoms with Crippen molar-refractivity contribution in [3.05, 3.63) is 12.2 Å². The Labute approximate surface area is 278 Å². The van der Waals surface area contributed by atoms with Gasteiger partial charge in [0, 0.05) is 0 Å². The fraction of sp³-hybridized carbons (Fsp3) is 0.929. The van der Waals surface area contributed by atoms with Crippen LogP contribution in [0.3, 0.4) is 0 Å². The summed E-state index contributed by atoms with van der Waals surface area (Å²) in [6.45, 7) is 9.12. The summed E-state index contributed by atoms with van der Waals surface area (Å²) in [4.78, 5) is 13.3. The molecule has 0 aromatic heterocycles. The van der Waals surface area contributed by atoms with E-state index in [-0.39, 0.29) is 0 Å². The molecule has 0 rings (SSSR count). The molecule has 0 heterocycles. The molecule has 0 aliphatic rings. The van der Waals surface area contributed by atoms with Crippen LogP contribution in [0.2, 0.25) is 0 Å². The maximum atomic E-state index is 13.3. The average molecular weight is 619 g/mol. The van der Waals surface area contributed by atoms with Gasteiger partial charge in [0.05, 0.1) is 5.41 Å². The number of carboxylic acid groups (broad SMARTS) is 1. The molecule has 0 fully saturated rings. The van der Waals surface area contributed by atoms with Crippen LogP contribution in [0.5, 0.6) is 0 Å². The van der Waals surface area contributed by atoms with Gasteiger partial charge in [0.15, 0.2) is 0 Å². The molecule has 0 aliphatic heterocycles. The van der Waals surface area contributed by atoms with Gasteiger partial charge in [-0.25, -0.2) is 0 Å². The second kappa shape index (κ2) is 33.6. The normalized spacial score (nSPS) is 12.8. The van der Waals surface area contributed by atoms with Crippen molar-refractivity contribution >= 4 is 5.97 Å². The summed E-state index contributed by atoms with van der Waals surface area (Å²) in [6, 6.07) is 0. The van der Waals surface area contributed by atoms with Gasteiger partial charge in [0.25, 0.3) is 0 Å². The maximum absolute atomic E-state index is 13.3. The Balaban J connectivity index is 5.15. The summed E-state index contributed by atoms with van der Waals surface area (Å²) in [5, 5.41) is 10.9. The van der Waals surface area contributed by atoms with Gasteiger partial charge in [0.1, 0.15) is 0 Å². The Morgan fingerprint density at radius 3 is 1.11 bits per heavy atom. The molecule has 262 valence electrons. The second-order valence-corrected chi connectivity index (χ2v) is 14.4. The van der Waals surface area contributed by atoms with Gasteiger partial charge < -0.3 is 5.11 Å². The van der Waals surface area contributed by atoms with Gasteiger partial charge in [-0.15, -0.1) is 0 Å². The molecule has 2 nitrogen and oxygen atoms in total. The Bertz CT molecular complexity index is 593. The van der Waals surface area contributed by atoms with Crippen LogP contribution in [0.25, 0.3) is 0 Å². The van der Waals surface area contributed by atoms with Gasteiger partial charge in [-0.2, -0.15) is 0 Å². The number of allylic oxidation sites excluding steroid dienone is 2. The van der Waals surface area contributed by atoms with Crippen LogP contribution in [0, 0.1) is 11.3 Å². The number of carbonyl (C=O) groups is 1. The minimum Gasteiger partial charge on any atom is -0.481 e. The van der Waals surface area contributed by atoms with Crippen molar-refractivity contribution in [2.75, 3.05) is 0 Å². The van der Waals surface area contributed by atoms with Crippen LogP contribution < -0.4 is 0 Å². The summed E-state index contributed by atoms with van der Waals surface area (Å²) >= 11 is 0. The summed E-state index contributed by atoms with van der Waals surface area (Å²) in [5.41, 5.74) is -0.504. The lowest BCUT2D eigenvalue weighted by atomic mass is 9.65. The topological polar surface area (TPSA) is 37.3 Å². The largest absolute Gasteiger partial charge is 0.481 e. The second-order valence-electron chi connectivity index (χ2n) is 14.4. The Kier molecular flexibility index (Phi) is 33.0. The van der Waals surface area contributed by atoms with Crippen molar-refractivity contribution in [1.29, 1.82) is 0 Å². The maximum Gasteiger partial charge on any atom is 0.309 e. The monoisotopic (exact) mass is 619 g/mol. The van der Waals surface area contributed by atoms with E-state index >= 15 is 0 Å². The zero-order valence-electron chi connectivity index (χ0n) is 30.9. The summed E-state index contributed by atoms with van der Waals surface area (Å²) in [5.74, 6) is -0.117. The molecule has 44 heavy (non-hydrogen) atoms. The van der Waals surface area contributed by atoms with E-state index in [1.807, 2.05) is 0 Å². The highest BCUT2D eigenvalue weighted by molar-refractivity contribution is 5.75. The molecule has 0 saturated heterocycles. The van der Waals surface area contributed by atoms with Gasteiger partial charge in [-0.3, -0.25) is 4.79 Å². The van der Waals surface area contributed by atoms with Crippen molar-refractivity contribution in [3.8, 4) is 0 Å². The third-order valence-electron chi connectivity index (χ3n) is 10.4. The summed E-state index contributed by atoms with van der Waals surface area (Å²) in [7, 11) is 0. The third-order valence-corrected chi connectivity index (χ3v) is 10.4. The summed E-state index contributed by atoms with van der Waals surface area (Å²) in [6.07, 6.45) is 46.0. The number of unbranched alkanes of at least 4 members (excludes halogenated alkanes) is 24. The minimum absolute atomic E-state index is 0.348. The molecular formula is C42H82O2. The Morgan fingerprint density at radius 2 is 0.750 bits per heavy atom. The van der Waals surface area contributed by atoms with Crippen molar-refractivity contribution in [2.24, 2.45) is 11.3 Å². The highest BCUT2D eigenvalue weighted by Crippen LogP contribution is 2.45. The lowest BCUT2D eigenvalue weighted by Gasteiger charge is -2.38. The quantitative estimate of drug-likeness (QED) is 0.0560. The number of carboxylic acids is 1. The van der Waals surface area contributed by atoms with E-state index in [0.717, 1.165) is 38.5 Å². The molecule has 1 unspecified atom stereocenters. The van der Waals surface area contributed by atoms with Gasteiger partial charge >= 0.3 is 5.97 Å². The molecule has 0 aromatic carbocycles. The molecule has 0 aliphatic carbocycles. The van der Waals surface area contributed by atoms with E-state index in [9.17, 15) is 9.90 Å². The van der Waals surface area contributed by atoms with Crippen LogP contribution in [-0.2, 0) is 4.79 Å². The van der Waals surface area contributed by atoms with Crippen LogP contribution in [-0.4, -0.2) is 11.1 Å². The SMILES string of the molecule is CCCCCCCC/C=C\CCCCCC(CCCCCCCC)C(CCCCCCCC)(CCCCCCCC)C(=O)O. The fourth-order valence-electron chi connectivity index (χ4n) is 7.34. The molecule has 0 amide bonds. The number of rotatable bonds is 36.